The maximum absolute atomic E-state index is 11.7. The Bertz CT molecular complexity index is 794. The van der Waals surface area contributed by atoms with Gasteiger partial charge in [0.1, 0.15) is 12.4 Å². The fraction of sp³-hybridized carbons (Fsp3) is 0.273. The van der Waals surface area contributed by atoms with Gasteiger partial charge in [-0.1, -0.05) is 50.4 Å². The molecule has 0 aliphatic heterocycles. The molecule has 0 N–H and O–H groups in total. The van der Waals surface area contributed by atoms with Crippen molar-refractivity contribution in [1.82, 2.24) is 0 Å². The highest BCUT2D eigenvalue weighted by atomic mass is 16.5. The van der Waals surface area contributed by atoms with Crippen LogP contribution in [0.3, 0.4) is 0 Å². The number of rotatable bonds is 6. The van der Waals surface area contributed by atoms with Gasteiger partial charge in [0.05, 0.1) is 0 Å². The molecule has 1 unspecified atom stereocenters. The van der Waals surface area contributed by atoms with Crippen LogP contribution in [0.1, 0.15) is 38.3 Å². The maximum Gasteiger partial charge on any atom is 0.338 e. The van der Waals surface area contributed by atoms with Gasteiger partial charge in [0.2, 0.25) is 0 Å². The molecule has 0 fully saturated rings. The zero-order valence-electron chi connectivity index (χ0n) is 15.5. The molecule has 136 valence electrons. The zero-order chi connectivity index (χ0) is 19.3. The van der Waals surface area contributed by atoms with E-state index in [2.05, 4.69) is 13.2 Å². The Morgan fingerprint density at radius 3 is 2.19 bits per heavy atom. The number of carbonyl (C=O) groups is 2. The van der Waals surface area contributed by atoms with Crippen LogP contribution in [0.4, 0.5) is 0 Å². The number of hydrogen-bond donors (Lipinski definition) is 0. The first-order chi connectivity index (χ1) is 12.3. The van der Waals surface area contributed by atoms with E-state index >= 15 is 0 Å². The highest BCUT2D eigenvalue weighted by molar-refractivity contribution is 5.88. The third-order valence-corrected chi connectivity index (χ3v) is 4.06. The van der Waals surface area contributed by atoms with E-state index in [0.29, 0.717) is 16.9 Å². The third-order valence-electron chi connectivity index (χ3n) is 4.06. The average molecular weight is 352 g/mol. The van der Waals surface area contributed by atoms with Crippen LogP contribution in [0.15, 0.2) is 66.5 Å². The van der Waals surface area contributed by atoms with Crippen LogP contribution in [0.5, 0.6) is 0 Å². The second-order valence-corrected chi connectivity index (χ2v) is 6.59. The van der Waals surface area contributed by atoms with E-state index < -0.39 is 5.97 Å². The number of carbonyl (C=O) groups excluding carboxylic acids is 2. The van der Waals surface area contributed by atoms with Gasteiger partial charge in [-0.15, -0.1) is 0 Å². The molecule has 0 heterocycles. The van der Waals surface area contributed by atoms with Gasteiger partial charge in [-0.25, -0.2) is 9.59 Å². The molecule has 1 aromatic rings. The molecule has 0 aromatic heterocycles. The summed E-state index contributed by atoms with van der Waals surface area (Å²) < 4.78 is 10.5. The summed E-state index contributed by atoms with van der Waals surface area (Å²) in [6.45, 7) is 12.7. The second kappa shape index (κ2) is 8.48. The molecule has 0 bridgehead atoms. The van der Waals surface area contributed by atoms with Crippen molar-refractivity contribution in [2.24, 2.45) is 5.92 Å². The molecule has 0 amide bonds. The van der Waals surface area contributed by atoms with Gasteiger partial charge in [0.25, 0.3) is 0 Å². The van der Waals surface area contributed by atoms with E-state index in [0.717, 1.165) is 23.1 Å². The van der Waals surface area contributed by atoms with Gasteiger partial charge >= 0.3 is 11.9 Å². The van der Waals surface area contributed by atoms with Crippen molar-refractivity contribution in [3.63, 3.8) is 0 Å². The standard InChI is InChI=1S/C22H24O4/c1-14(2)21(23)25-13-17-6-8-18(9-7-17)19-10-11-20(16(5)12-19)26-22(24)15(3)4/h6-11,16H,1,3,12-13H2,2,4-5H3. The Balaban J connectivity index is 2.05. The number of hydrogen-bond acceptors (Lipinski definition) is 4. The smallest absolute Gasteiger partial charge is 0.338 e. The van der Waals surface area contributed by atoms with E-state index in [1.807, 2.05) is 43.3 Å². The molecule has 26 heavy (non-hydrogen) atoms. The topological polar surface area (TPSA) is 52.6 Å². The van der Waals surface area contributed by atoms with Crippen LogP contribution in [-0.4, -0.2) is 11.9 Å². The van der Waals surface area contributed by atoms with E-state index in [-0.39, 0.29) is 18.5 Å². The number of esters is 2. The summed E-state index contributed by atoms with van der Waals surface area (Å²) in [4.78, 5) is 23.1. The first kappa shape index (κ1) is 19.4. The molecule has 4 nitrogen and oxygen atoms in total. The summed E-state index contributed by atoms with van der Waals surface area (Å²) in [6, 6.07) is 7.88. The Kier molecular flexibility index (Phi) is 6.34. The second-order valence-electron chi connectivity index (χ2n) is 6.59. The largest absolute Gasteiger partial charge is 0.457 e. The molecule has 0 spiro atoms. The van der Waals surface area contributed by atoms with E-state index in [9.17, 15) is 9.59 Å². The first-order valence-electron chi connectivity index (χ1n) is 8.48. The third kappa shape index (κ3) is 5.06. The lowest BCUT2D eigenvalue weighted by Crippen LogP contribution is -2.13. The van der Waals surface area contributed by atoms with Crippen molar-refractivity contribution in [2.75, 3.05) is 0 Å². The van der Waals surface area contributed by atoms with Gasteiger partial charge in [0, 0.05) is 17.1 Å². The van der Waals surface area contributed by atoms with Crippen molar-refractivity contribution in [2.45, 2.75) is 33.8 Å². The summed E-state index contributed by atoms with van der Waals surface area (Å²) in [5.41, 5.74) is 3.94. The predicted octanol–water partition coefficient (Wildman–Crippen LogP) is 4.73. The zero-order valence-corrected chi connectivity index (χ0v) is 15.5. The lowest BCUT2D eigenvalue weighted by molar-refractivity contribution is -0.140. The van der Waals surface area contributed by atoms with Gasteiger partial charge < -0.3 is 9.47 Å². The molecule has 0 saturated heterocycles. The van der Waals surface area contributed by atoms with Gasteiger partial charge in [-0.3, -0.25) is 0 Å². The summed E-state index contributed by atoms with van der Waals surface area (Å²) in [7, 11) is 0. The van der Waals surface area contributed by atoms with Crippen molar-refractivity contribution < 1.29 is 19.1 Å². The predicted molar refractivity (Wildman–Crippen MR) is 102 cm³/mol. The molecule has 1 aliphatic rings. The quantitative estimate of drug-likeness (QED) is 0.548. The maximum atomic E-state index is 11.7. The number of ether oxygens (including phenoxy) is 2. The molecule has 0 radical (unpaired) electrons. The molecule has 1 aliphatic carbocycles. The Hall–Kier alpha value is -2.88. The fourth-order valence-corrected chi connectivity index (χ4v) is 2.48. The highest BCUT2D eigenvalue weighted by Crippen LogP contribution is 2.32. The monoisotopic (exact) mass is 352 g/mol. The molecule has 0 saturated carbocycles. The van der Waals surface area contributed by atoms with Crippen molar-refractivity contribution in [1.29, 1.82) is 0 Å². The van der Waals surface area contributed by atoms with Crippen LogP contribution in [0.25, 0.3) is 5.57 Å². The molecule has 1 aromatic carbocycles. The first-order valence-corrected chi connectivity index (χ1v) is 8.48. The van der Waals surface area contributed by atoms with E-state index in [4.69, 9.17) is 9.47 Å². The highest BCUT2D eigenvalue weighted by Gasteiger charge is 2.20. The fourth-order valence-electron chi connectivity index (χ4n) is 2.48. The number of benzene rings is 1. The van der Waals surface area contributed by atoms with Crippen molar-refractivity contribution in [3.05, 3.63) is 77.6 Å². The Morgan fingerprint density at radius 2 is 1.65 bits per heavy atom. The Labute approximate surface area is 154 Å². The Morgan fingerprint density at radius 1 is 1.04 bits per heavy atom. The summed E-state index contributed by atoms with van der Waals surface area (Å²) in [5, 5.41) is 0. The molecule has 2 rings (SSSR count). The van der Waals surface area contributed by atoms with Gasteiger partial charge in [0.15, 0.2) is 0 Å². The molecular weight excluding hydrogens is 328 g/mol. The summed E-state index contributed by atoms with van der Waals surface area (Å²) in [6.07, 6.45) is 4.59. The lowest BCUT2D eigenvalue weighted by atomic mass is 9.89. The van der Waals surface area contributed by atoms with Crippen molar-refractivity contribution >= 4 is 17.5 Å². The van der Waals surface area contributed by atoms with Gasteiger partial charge in [-0.05, 0) is 43.0 Å². The minimum atomic E-state index is -0.395. The van der Waals surface area contributed by atoms with Gasteiger partial charge in [-0.2, -0.15) is 0 Å². The lowest BCUT2D eigenvalue weighted by Gasteiger charge is -2.21. The summed E-state index contributed by atoms with van der Waals surface area (Å²) in [5.74, 6) is -0.0203. The van der Waals surface area contributed by atoms with Crippen LogP contribution < -0.4 is 0 Å². The van der Waals surface area contributed by atoms with Crippen LogP contribution in [0, 0.1) is 5.92 Å². The molecule has 4 heteroatoms. The SMILES string of the molecule is C=C(C)C(=O)OCc1ccc(C2=CC=C(OC(=O)C(=C)C)C(C)C2)cc1. The minimum Gasteiger partial charge on any atom is -0.457 e. The summed E-state index contributed by atoms with van der Waals surface area (Å²) >= 11 is 0. The normalized spacial score (nSPS) is 16.2. The van der Waals surface area contributed by atoms with E-state index in [1.54, 1.807) is 13.8 Å². The minimum absolute atomic E-state index is 0.106. The number of allylic oxidation sites excluding steroid dienone is 4. The average Bonchev–Trinajstić information content (AvgIpc) is 2.61. The molecular formula is C22H24O4. The van der Waals surface area contributed by atoms with Crippen LogP contribution >= 0.6 is 0 Å². The van der Waals surface area contributed by atoms with Crippen LogP contribution in [-0.2, 0) is 25.7 Å². The van der Waals surface area contributed by atoms with Crippen LogP contribution in [0.2, 0.25) is 0 Å². The van der Waals surface area contributed by atoms with Crippen molar-refractivity contribution in [3.8, 4) is 0 Å². The molecule has 1 atom stereocenters. The van der Waals surface area contributed by atoms with E-state index in [1.165, 1.54) is 0 Å².